The average molecular weight is 147 g/mol. The van der Waals surface area contributed by atoms with E-state index in [2.05, 4.69) is 0 Å². The van der Waals surface area contributed by atoms with E-state index in [1.165, 1.54) is 0 Å². The molecule has 0 aliphatic heterocycles. The van der Waals surface area contributed by atoms with Crippen molar-refractivity contribution in [3.8, 4) is 0 Å². The second-order valence-electron chi connectivity index (χ2n) is 1.60. The molecule has 8 heavy (non-hydrogen) atoms. The molecule has 0 aliphatic carbocycles. The van der Waals surface area contributed by atoms with Gasteiger partial charge in [-0.3, -0.25) is 0 Å². The SMILES string of the molecule is CC(CCl)C(F)(F)F. The zero-order chi connectivity index (χ0) is 6.78. The van der Waals surface area contributed by atoms with Crippen molar-refractivity contribution in [1.82, 2.24) is 0 Å². The second kappa shape index (κ2) is 2.58. The quantitative estimate of drug-likeness (QED) is 0.499. The van der Waals surface area contributed by atoms with Gasteiger partial charge in [-0.05, 0) is 0 Å². The van der Waals surface area contributed by atoms with Crippen LogP contribution >= 0.6 is 11.6 Å². The molecule has 0 spiro atoms. The van der Waals surface area contributed by atoms with Gasteiger partial charge in [0.2, 0.25) is 0 Å². The Balaban J connectivity index is 3.62. The van der Waals surface area contributed by atoms with E-state index in [1.54, 1.807) is 0 Å². The Morgan fingerprint density at radius 1 is 1.50 bits per heavy atom. The maximum absolute atomic E-state index is 11.4. The van der Waals surface area contributed by atoms with Gasteiger partial charge in [-0.1, -0.05) is 6.92 Å². The maximum atomic E-state index is 11.4. The summed E-state index contributed by atoms with van der Waals surface area (Å²) < 4.78 is 34.1. The molecule has 0 nitrogen and oxygen atoms in total. The first kappa shape index (κ1) is 8.08. The van der Waals surface area contributed by atoms with Gasteiger partial charge in [-0.25, -0.2) is 0 Å². The van der Waals surface area contributed by atoms with Crippen LogP contribution in [0.25, 0.3) is 0 Å². The molecule has 0 amide bonds. The molecule has 0 saturated carbocycles. The molecule has 0 N–H and O–H groups in total. The fraction of sp³-hybridized carbons (Fsp3) is 1.00. The van der Waals surface area contributed by atoms with Gasteiger partial charge in [0.05, 0.1) is 5.92 Å². The van der Waals surface area contributed by atoms with Crippen LogP contribution in [-0.4, -0.2) is 12.1 Å². The predicted molar refractivity (Wildman–Crippen MR) is 25.9 cm³/mol. The van der Waals surface area contributed by atoms with Crippen LogP contribution in [0.4, 0.5) is 13.2 Å². The summed E-state index contributed by atoms with van der Waals surface area (Å²) in [5.41, 5.74) is 0. The fourth-order valence-corrected chi connectivity index (χ4v) is 0.262. The highest BCUT2D eigenvalue weighted by Crippen LogP contribution is 2.25. The van der Waals surface area contributed by atoms with E-state index in [1.807, 2.05) is 0 Å². The topological polar surface area (TPSA) is 0 Å². The third-order valence-electron chi connectivity index (χ3n) is 0.790. The Kier molecular flexibility index (Phi) is 2.60. The Morgan fingerprint density at radius 3 is 1.88 bits per heavy atom. The highest BCUT2D eigenvalue weighted by molar-refractivity contribution is 6.18. The van der Waals surface area contributed by atoms with E-state index in [0.717, 1.165) is 6.92 Å². The predicted octanol–water partition coefficient (Wildman–Crippen LogP) is 2.42. The Bertz CT molecular complexity index is 68.2. The molecule has 0 bridgehead atoms. The standard InChI is InChI=1S/C4H6ClF3/c1-3(2-5)4(6,7)8/h3H,2H2,1H3. The first-order valence-electron chi connectivity index (χ1n) is 2.11. The zero-order valence-electron chi connectivity index (χ0n) is 4.30. The fourth-order valence-electron chi connectivity index (χ4n) is 0.0875. The highest BCUT2D eigenvalue weighted by atomic mass is 35.5. The van der Waals surface area contributed by atoms with Gasteiger partial charge in [0.25, 0.3) is 0 Å². The normalized spacial score (nSPS) is 16.1. The van der Waals surface area contributed by atoms with Crippen LogP contribution in [0.3, 0.4) is 0 Å². The van der Waals surface area contributed by atoms with Gasteiger partial charge in [0.1, 0.15) is 0 Å². The molecule has 0 rings (SSSR count). The van der Waals surface area contributed by atoms with Crippen molar-refractivity contribution in [2.45, 2.75) is 13.1 Å². The number of hydrogen-bond acceptors (Lipinski definition) is 0. The van der Waals surface area contributed by atoms with Crippen molar-refractivity contribution in [2.75, 3.05) is 5.88 Å². The van der Waals surface area contributed by atoms with Crippen LogP contribution in [-0.2, 0) is 0 Å². The summed E-state index contributed by atoms with van der Waals surface area (Å²) in [7, 11) is 0. The summed E-state index contributed by atoms with van der Waals surface area (Å²) in [5.74, 6) is -1.74. The summed E-state index contributed by atoms with van der Waals surface area (Å²) >= 11 is 4.92. The maximum Gasteiger partial charge on any atom is 0.392 e. The van der Waals surface area contributed by atoms with Gasteiger partial charge >= 0.3 is 6.18 Å². The molecule has 0 aromatic rings. The second-order valence-corrected chi connectivity index (χ2v) is 1.91. The molecule has 0 aromatic carbocycles. The molecule has 1 unspecified atom stereocenters. The number of halogens is 4. The lowest BCUT2D eigenvalue weighted by atomic mass is 10.2. The van der Waals surface area contributed by atoms with Gasteiger partial charge in [0, 0.05) is 5.88 Å². The van der Waals surface area contributed by atoms with Crippen LogP contribution in [0.15, 0.2) is 0 Å². The Hall–Kier alpha value is 0.0800. The van der Waals surface area contributed by atoms with Crippen LogP contribution < -0.4 is 0 Å². The molecule has 0 aliphatic rings. The molecule has 0 heterocycles. The van der Waals surface area contributed by atoms with E-state index in [9.17, 15) is 13.2 Å². The van der Waals surface area contributed by atoms with Crippen molar-refractivity contribution in [2.24, 2.45) is 5.92 Å². The summed E-state index contributed by atoms with van der Waals surface area (Å²) in [6, 6.07) is 0. The van der Waals surface area contributed by atoms with Crippen molar-refractivity contribution in [3.63, 3.8) is 0 Å². The largest absolute Gasteiger partial charge is 0.392 e. The van der Waals surface area contributed by atoms with Gasteiger partial charge in [0.15, 0.2) is 0 Å². The first-order valence-corrected chi connectivity index (χ1v) is 2.64. The number of hydrogen-bond donors (Lipinski definition) is 0. The number of alkyl halides is 4. The minimum atomic E-state index is -4.12. The molecule has 1 atom stereocenters. The molecule has 0 saturated heterocycles. The van der Waals surface area contributed by atoms with Crippen molar-refractivity contribution >= 4 is 11.6 Å². The average Bonchev–Trinajstić information content (AvgIpc) is 1.62. The first-order chi connectivity index (χ1) is 3.48. The molecule has 4 heteroatoms. The van der Waals surface area contributed by atoms with Crippen LogP contribution in [0, 0.1) is 5.92 Å². The zero-order valence-corrected chi connectivity index (χ0v) is 5.05. The monoisotopic (exact) mass is 146 g/mol. The summed E-state index contributed by atoms with van der Waals surface area (Å²) in [4.78, 5) is 0. The third-order valence-corrected chi connectivity index (χ3v) is 1.25. The van der Waals surface area contributed by atoms with Crippen molar-refractivity contribution in [3.05, 3.63) is 0 Å². The Labute approximate surface area is 50.6 Å². The Morgan fingerprint density at radius 2 is 1.88 bits per heavy atom. The van der Waals surface area contributed by atoms with Crippen LogP contribution in [0.5, 0.6) is 0 Å². The lowest BCUT2D eigenvalue weighted by molar-refractivity contribution is -0.163. The molecule has 50 valence electrons. The lowest BCUT2D eigenvalue weighted by Crippen LogP contribution is -2.20. The van der Waals surface area contributed by atoms with Crippen molar-refractivity contribution < 1.29 is 13.2 Å². The van der Waals surface area contributed by atoms with E-state index >= 15 is 0 Å². The van der Waals surface area contributed by atoms with Crippen LogP contribution in [0.1, 0.15) is 6.92 Å². The summed E-state index contributed by atoms with van der Waals surface area (Å²) in [6.45, 7) is 1.05. The van der Waals surface area contributed by atoms with E-state index < -0.39 is 12.1 Å². The van der Waals surface area contributed by atoms with E-state index in [0.29, 0.717) is 0 Å². The summed E-state index contributed by atoms with van der Waals surface area (Å²) in [5, 5.41) is 0. The van der Waals surface area contributed by atoms with E-state index in [-0.39, 0.29) is 5.88 Å². The van der Waals surface area contributed by atoms with Gasteiger partial charge in [-0.2, -0.15) is 13.2 Å². The van der Waals surface area contributed by atoms with Crippen molar-refractivity contribution in [1.29, 1.82) is 0 Å². The van der Waals surface area contributed by atoms with E-state index in [4.69, 9.17) is 11.6 Å². The molecular weight excluding hydrogens is 140 g/mol. The third kappa shape index (κ3) is 2.40. The molecule has 0 fully saturated rings. The van der Waals surface area contributed by atoms with Gasteiger partial charge < -0.3 is 0 Å². The summed E-state index contributed by atoms with van der Waals surface area (Å²) in [6.07, 6.45) is -4.12. The highest BCUT2D eigenvalue weighted by Gasteiger charge is 2.34. The minimum Gasteiger partial charge on any atom is -0.171 e. The minimum absolute atomic E-state index is 0.358. The molecule has 0 aromatic heterocycles. The lowest BCUT2D eigenvalue weighted by Gasteiger charge is -2.10. The smallest absolute Gasteiger partial charge is 0.171 e. The number of rotatable bonds is 1. The molecule has 0 radical (unpaired) electrons. The molecular formula is C4H6ClF3. The van der Waals surface area contributed by atoms with Gasteiger partial charge in [-0.15, -0.1) is 11.6 Å². The van der Waals surface area contributed by atoms with Crippen LogP contribution in [0.2, 0.25) is 0 Å².